The molecular formula is C15H27N5O2S. The zero-order chi connectivity index (χ0) is 16.8. The second kappa shape index (κ2) is 8.65. The topological polar surface area (TPSA) is 88.5 Å². The Balaban J connectivity index is 1.84. The molecule has 1 unspecified atom stereocenters. The van der Waals surface area contributed by atoms with Crippen LogP contribution in [-0.4, -0.2) is 70.1 Å². The molecule has 0 saturated carbocycles. The fourth-order valence-corrected chi connectivity index (χ4v) is 3.16. The van der Waals surface area contributed by atoms with Crippen molar-refractivity contribution in [3.05, 3.63) is 11.7 Å². The first-order chi connectivity index (χ1) is 11.1. The number of nitrogens with two attached hydrogens (primary N) is 1. The largest absolute Gasteiger partial charge is 0.339 e. The van der Waals surface area contributed by atoms with Crippen LogP contribution in [0.2, 0.25) is 0 Å². The zero-order valence-electron chi connectivity index (χ0n) is 14.2. The number of carbonyl (C=O) groups excluding carboxylic acids is 1. The summed E-state index contributed by atoms with van der Waals surface area (Å²) in [5, 5.41) is 3.95. The molecule has 1 aromatic rings. The summed E-state index contributed by atoms with van der Waals surface area (Å²) in [7, 11) is 0. The van der Waals surface area contributed by atoms with E-state index in [4.69, 9.17) is 10.3 Å². The maximum atomic E-state index is 12.3. The van der Waals surface area contributed by atoms with Crippen molar-refractivity contribution in [2.75, 3.05) is 38.2 Å². The SMILES string of the molecule is CCc1noc(C(C)N2CCN(C(=O)[C@@H](N)CCSC)CC2)n1. The molecule has 1 aliphatic rings. The van der Waals surface area contributed by atoms with Crippen LogP contribution in [0.5, 0.6) is 0 Å². The van der Waals surface area contributed by atoms with E-state index in [0.717, 1.165) is 37.5 Å². The summed E-state index contributed by atoms with van der Waals surface area (Å²) in [6, 6.07) is -0.306. The van der Waals surface area contributed by atoms with Crippen LogP contribution in [0.3, 0.4) is 0 Å². The van der Waals surface area contributed by atoms with Crippen LogP contribution in [0.25, 0.3) is 0 Å². The van der Waals surface area contributed by atoms with E-state index in [0.29, 0.717) is 19.0 Å². The molecule has 0 bridgehead atoms. The van der Waals surface area contributed by atoms with Crippen molar-refractivity contribution < 1.29 is 9.32 Å². The molecular weight excluding hydrogens is 314 g/mol. The molecule has 7 nitrogen and oxygen atoms in total. The molecule has 1 aliphatic heterocycles. The Labute approximate surface area is 141 Å². The molecule has 23 heavy (non-hydrogen) atoms. The van der Waals surface area contributed by atoms with Crippen molar-refractivity contribution in [2.24, 2.45) is 5.73 Å². The second-order valence-corrected chi connectivity index (χ2v) is 6.81. The molecule has 2 rings (SSSR count). The Morgan fingerprint density at radius 2 is 2.09 bits per heavy atom. The maximum absolute atomic E-state index is 12.3. The summed E-state index contributed by atoms with van der Waals surface area (Å²) in [5.41, 5.74) is 5.99. The van der Waals surface area contributed by atoms with Gasteiger partial charge in [0.05, 0.1) is 12.1 Å². The number of hydrogen-bond acceptors (Lipinski definition) is 7. The summed E-state index contributed by atoms with van der Waals surface area (Å²) >= 11 is 1.72. The third-order valence-corrected chi connectivity index (χ3v) is 4.93. The molecule has 0 aliphatic carbocycles. The van der Waals surface area contributed by atoms with Crippen molar-refractivity contribution >= 4 is 17.7 Å². The molecule has 130 valence electrons. The highest BCUT2D eigenvalue weighted by atomic mass is 32.2. The van der Waals surface area contributed by atoms with Crippen molar-refractivity contribution in [1.82, 2.24) is 19.9 Å². The van der Waals surface area contributed by atoms with Gasteiger partial charge in [-0.3, -0.25) is 9.69 Å². The third kappa shape index (κ3) is 4.68. The maximum Gasteiger partial charge on any atom is 0.243 e. The molecule has 2 N–H and O–H groups in total. The van der Waals surface area contributed by atoms with Crippen LogP contribution in [0, 0.1) is 0 Å². The van der Waals surface area contributed by atoms with Gasteiger partial charge in [-0.15, -0.1) is 0 Å². The van der Waals surface area contributed by atoms with Crippen LogP contribution in [0.15, 0.2) is 4.52 Å². The average Bonchev–Trinajstić information content (AvgIpc) is 3.07. The second-order valence-electron chi connectivity index (χ2n) is 5.83. The van der Waals surface area contributed by atoms with E-state index in [9.17, 15) is 4.79 Å². The van der Waals surface area contributed by atoms with E-state index in [1.165, 1.54) is 0 Å². The zero-order valence-corrected chi connectivity index (χ0v) is 15.0. The molecule has 1 aromatic heterocycles. The number of aromatic nitrogens is 2. The van der Waals surface area contributed by atoms with Crippen molar-refractivity contribution in [3.63, 3.8) is 0 Å². The summed E-state index contributed by atoms with van der Waals surface area (Å²) < 4.78 is 5.32. The Hall–Kier alpha value is -1.12. The number of nitrogens with zero attached hydrogens (tertiary/aromatic N) is 4. The van der Waals surface area contributed by atoms with Crippen LogP contribution >= 0.6 is 11.8 Å². The molecule has 0 aromatic carbocycles. The average molecular weight is 341 g/mol. The number of hydrogen-bond donors (Lipinski definition) is 1. The van der Waals surface area contributed by atoms with Gasteiger partial charge in [0.2, 0.25) is 11.8 Å². The fraction of sp³-hybridized carbons (Fsp3) is 0.800. The summed E-state index contributed by atoms with van der Waals surface area (Å²) in [6.45, 7) is 7.06. The molecule has 1 fully saturated rings. The predicted molar refractivity (Wildman–Crippen MR) is 91.2 cm³/mol. The number of amides is 1. The Kier molecular flexibility index (Phi) is 6.86. The van der Waals surface area contributed by atoms with Gasteiger partial charge in [0.15, 0.2) is 5.82 Å². The number of carbonyl (C=O) groups is 1. The minimum absolute atomic E-state index is 0.0670. The van der Waals surface area contributed by atoms with E-state index in [1.54, 1.807) is 11.8 Å². The normalized spacial score (nSPS) is 18.9. The molecule has 1 saturated heterocycles. The highest BCUT2D eigenvalue weighted by molar-refractivity contribution is 7.98. The van der Waals surface area contributed by atoms with Gasteiger partial charge in [-0.05, 0) is 25.4 Å². The van der Waals surface area contributed by atoms with Crippen LogP contribution < -0.4 is 5.73 Å². The molecule has 1 amide bonds. The van der Waals surface area contributed by atoms with Gasteiger partial charge >= 0.3 is 0 Å². The minimum Gasteiger partial charge on any atom is -0.339 e. The van der Waals surface area contributed by atoms with E-state index in [-0.39, 0.29) is 18.0 Å². The molecule has 8 heteroatoms. The monoisotopic (exact) mass is 341 g/mol. The minimum atomic E-state index is -0.380. The van der Waals surface area contributed by atoms with Crippen molar-refractivity contribution in [1.29, 1.82) is 0 Å². The van der Waals surface area contributed by atoms with Gasteiger partial charge in [-0.2, -0.15) is 16.7 Å². The van der Waals surface area contributed by atoms with Gasteiger partial charge in [-0.25, -0.2) is 0 Å². The first-order valence-electron chi connectivity index (χ1n) is 8.16. The summed E-state index contributed by atoms with van der Waals surface area (Å²) in [5.74, 6) is 2.37. The highest BCUT2D eigenvalue weighted by Gasteiger charge is 2.29. The number of rotatable bonds is 7. The first kappa shape index (κ1) is 18.2. The van der Waals surface area contributed by atoms with E-state index >= 15 is 0 Å². The number of thioether (sulfide) groups is 1. The van der Waals surface area contributed by atoms with E-state index < -0.39 is 0 Å². The number of piperazine rings is 1. The lowest BCUT2D eigenvalue weighted by Crippen LogP contribution is -2.53. The van der Waals surface area contributed by atoms with Gasteiger partial charge in [0, 0.05) is 32.6 Å². The molecule has 0 spiro atoms. The smallest absolute Gasteiger partial charge is 0.243 e. The molecule has 2 heterocycles. The van der Waals surface area contributed by atoms with Gasteiger partial charge < -0.3 is 15.2 Å². The van der Waals surface area contributed by atoms with Gasteiger partial charge in [0.25, 0.3) is 0 Å². The quantitative estimate of drug-likeness (QED) is 0.789. The van der Waals surface area contributed by atoms with Crippen LogP contribution in [0.4, 0.5) is 0 Å². The molecule has 0 radical (unpaired) electrons. The Morgan fingerprint density at radius 3 is 2.65 bits per heavy atom. The lowest BCUT2D eigenvalue weighted by atomic mass is 10.1. The highest BCUT2D eigenvalue weighted by Crippen LogP contribution is 2.20. The van der Waals surface area contributed by atoms with Gasteiger partial charge in [-0.1, -0.05) is 12.1 Å². The number of aryl methyl sites for hydroxylation is 1. The van der Waals surface area contributed by atoms with E-state index in [2.05, 4.69) is 22.0 Å². The van der Waals surface area contributed by atoms with Gasteiger partial charge in [0.1, 0.15) is 0 Å². The van der Waals surface area contributed by atoms with Crippen molar-refractivity contribution in [2.45, 2.75) is 38.8 Å². The third-order valence-electron chi connectivity index (χ3n) is 4.28. The first-order valence-corrected chi connectivity index (χ1v) is 9.56. The standard InChI is InChI=1S/C15H27N5O2S/c1-4-13-17-14(22-18-13)11(2)19-6-8-20(9-7-19)15(21)12(16)5-10-23-3/h11-12H,4-10,16H2,1-3H3/t11?,12-/m0/s1. The van der Waals surface area contributed by atoms with Crippen LogP contribution in [-0.2, 0) is 11.2 Å². The van der Waals surface area contributed by atoms with Crippen LogP contribution in [0.1, 0.15) is 38.0 Å². The Bertz CT molecular complexity index is 502. The van der Waals surface area contributed by atoms with E-state index in [1.807, 2.05) is 18.1 Å². The fourth-order valence-electron chi connectivity index (χ4n) is 2.67. The van der Waals surface area contributed by atoms with Crippen molar-refractivity contribution in [3.8, 4) is 0 Å². The Morgan fingerprint density at radius 1 is 1.39 bits per heavy atom. The predicted octanol–water partition coefficient (Wildman–Crippen LogP) is 0.918. The lowest BCUT2D eigenvalue weighted by Gasteiger charge is -2.37. The summed E-state index contributed by atoms with van der Waals surface area (Å²) in [4.78, 5) is 20.9. The summed E-state index contributed by atoms with van der Waals surface area (Å²) in [6.07, 6.45) is 3.53. The lowest BCUT2D eigenvalue weighted by molar-refractivity contribution is -0.134. The molecule has 2 atom stereocenters.